The Morgan fingerprint density at radius 1 is 1.21 bits per heavy atom. The van der Waals surface area contributed by atoms with E-state index in [0.29, 0.717) is 12.1 Å². The fraction of sp³-hybridized carbons (Fsp3) is 0.345. The molecule has 0 saturated carbocycles. The Morgan fingerprint density at radius 3 is 2.62 bits per heavy atom. The van der Waals surface area contributed by atoms with Gasteiger partial charge in [-0.05, 0) is 86.8 Å². The van der Waals surface area contributed by atoms with Gasteiger partial charge >= 0.3 is 0 Å². The first kappa shape index (κ1) is 27.9. The number of halogens is 1. The highest BCUT2D eigenvalue weighted by atomic mass is 32.2. The highest BCUT2D eigenvalue weighted by Gasteiger charge is 2.13. The molecule has 5 heteroatoms. The molecule has 2 rings (SSSR count). The number of hydrogen-bond acceptors (Lipinski definition) is 4. The number of unbranched alkanes of at least 4 members (excludes halogenated alkanes) is 1. The first-order valence-electron chi connectivity index (χ1n) is 11.8. The van der Waals surface area contributed by atoms with Crippen LogP contribution in [-0.2, 0) is 6.42 Å². The van der Waals surface area contributed by atoms with Crippen molar-refractivity contribution in [2.45, 2.75) is 65.7 Å². The molecule has 0 radical (unpaired) electrons. The molecule has 0 aliphatic rings. The number of rotatable bonds is 12. The van der Waals surface area contributed by atoms with Crippen LogP contribution >= 0.6 is 23.1 Å². The minimum Gasteiger partial charge on any atom is -0.357 e. The standard InChI is InChI=1S/C29H36FNOS2/c1-7-10-12-14-23(13-11-8-2)28-17-24(29(19-32)34-28)15-20(4)22(6)31-26-18-27(33-9-3)21(5)16-25(26)30/h8,11-14,16-19,31H,7,9-10,15H2,1-6H3/b11-8-,14-12+,22-20-,23-13+. The molecule has 0 fully saturated rings. The Hall–Kier alpha value is -2.37. The van der Waals surface area contributed by atoms with Crippen LogP contribution in [0.2, 0.25) is 0 Å². The molecule has 2 nitrogen and oxygen atoms in total. The van der Waals surface area contributed by atoms with E-state index < -0.39 is 0 Å². The summed E-state index contributed by atoms with van der Waals surface area (Å²) in [5.41, 5.74) is 5.49. The third kappa shape index (κ3) is 7.85. The molecule has 0 bridgehead atoms. The molecule has 1 aromatic carbocycles. The Balaban J connectivity index is 2.32. The van der Waals surface area contributed by atoms with E-state index in [0.717, 1.165) is 67.5 Å². The van der Waals surface area contributed by atoms with E-state index in [1.807, 2.05) is 45.9 Å². The van der Waals surface area contributed by atoms with Gasteiger partial charge < -0.3 is 5.32 Å². The van der Waals surface area contributed by atoms with Gasteiger partial charge in [-0.1, -0.05) is 50.6 Å². The number of nitrogens with one attached hydrogen (secondary N) is 1. The van der Waals surface area contributed by atoms with E-state index in [1.165, 1.54) is 11.3 Å². The molecule has 0 unspecified atom stereocenters. The zero-order chi connectivity index (χ0) is 25.1. The normalized spacial score (nSPS) is 13.1. The molecular formula is C29H36FNOS2. The van der Waals surface area contributed by atoms with E-state index in [2.05, 4.69) is 43.5 Å². The third-order valence-corrected chi connectivity index (χ3v) is 7.63. The van der Waals surface area contributed by atoms with E-state index in [9.17, 15) is 9.18 Å². The van der Waals surface area contributed by atoms with Crippen molar-refractivity contribution in [3.05, 3.63) is 86.5 Å². The summed E-state index contributed by atoms with van der Waals surface area (Å²) in [7, 11) is 0. The quantitative estimate of drug-likeness (QED) is 0.180. The Morgan fingerprint density at radius 2 is 1.97 bits per heavy atom. The van der Waals surface area contributed by atoms with Crippen LogP contribution in [0.3, 0.4) is 0 Å². The molecular weight excluding hydrogens is 461 g/mol. The summed E-state index contributed by atoms with van der Waals surface area (Å²) in [4.78, 5) is 14.7. The summed E-state index contributed by atoms with van der Waals surface area (Å²) < 4.78 is 14.6. The van der Waals surface area contributed by atoms with Crippen molar-refractivity contribution in [2.75, 3.05) is 11.1 Å². The van der Waals surface area contributed by atoms with Crippen molar-refractivity contribution in [3.8, 4) is 0 Å². The van der Waals surface area contributed by atoms with Gasteiger partial charge in [-0.3, -0.25) is 4.79 Å². The molecule has 0 aliphatic heterocycles. The van der Waals surface area contributed by atoms with Crippen LogP contribution in [0.25, 0.3) is 5.57 Å². The maximum atomic E-state index is 14.6. The van der Waals surface area contributed by atoms with Gasteiger partial charge in [-0.25, -0.2) is 4.39 Å². The van der Waals surface area contributed by atoms with Crippen molar-refractivity contribution in [1.82, 2.24) is 0 Å². The lowest BCUT2D eigenvalue weighted by Gasteiger charge is -2.14. The lowest BCUT2D eigenvalue weighted by molar-refractivity contribution is 0.112. The number of anilines is 1. The monoisotopic (exact) mass is 497 g/mol. The fourth-order valence-electron chi connectivity index (χ4n) is 3.41. The Kier molecular flexibility index (Phi) is 11.6. The summed E-state index contributed by atoms with van der Waals surface area (Å²) in [6.45, 7) is 12.2. The van der Waals surface area contributed by atoms with Gasteiger partial charge in [-0.15, -0.1) is 23.1 Å². The molecule has 0 aliphatic carbocycles. The summed E-state index contributed by atoms with van der Waals surface area (Å²) in [6.07, 6.45) is 14.1. The van der Waals surface area contributed by atoms with Gasteiger partial charge in [-0.2, -0.15) is 0 Å². The molecule has 182 valence electrons. The van der Waals surface area contributed by atoms with Crippen LogP contribution in [0, 0.1) is 12.7 Å². The van der Waals surface area contributed by atoms with Crippen LogP contribution in [0.15, 0.2) is 64.7 Å². The first-order chi connectivity index (χ1) is 16.3. The van der Waals surface area contributed by atoms with Gasteiger partial charge in [0.1, 0.15) is 5.82 Å². The molecule has 0 amide bonds. The SMILES string of the molecule is C\C=C/C=C(\C=C\CCC)c1cc(C/C(C)=C(/C)Nc2cc(SCC)c(C)cc2F)c(C=O)s1. The number of benzene rings is 1. The molecule has 0 saturated heterocycles. The van der Waals surface area contributed by atoms with Gasteiger partial charge in [0.2, 0.25) is 0 Å². The van der Waals surface area contributed by atoms with E-state index in [1.54, 1.807) is 17.8 Å². The van der Waals surface area contributed by atoms with Crippen molar-refractivity contribution >= 4 is 40.6 Å². The zero-order valence-electron chi connectivity index (χ0n) is 21.1. The average Bonchev–Trinajstić information content (AvgIpc) is 3.21. The topological polar surface area (TPSA) is 29.1 Å². The van der Waals surface area contributed by atoms with Crippen LogP contribution in [0.4, 0.5) is 10.1 Å². The largest absolute Gasteiger partial charge is 0.357 e. The number of aldehydes is 1. The number of carbonyl (C=O) groups excluding carboxylic acids is 1. The van der Waals surface area contributed by atoms with Crippen LogP contribution in [0.5, 0.6) is 0 Å². The number of allylic oxidation sites excluding steroid dienone is 8. The number of thioether (sulfide) groups is 1. The van der Waals surface area contributed by atoms with Crippen molar-refractivity contribution < 1.29 is 9.18 Å². The van der Waals surface area contributed by atoms with E-state index in [4.69, 9.17) is 0 Å². The average molecular weight is 498 g/mol. The minimum atomic E-state index is -0.255. The Bertz CT molecular complexity index is 1110. The molecule has 0 spiro atoms. The van der Waals surface area contributed by atoms with Crippen molar-refractivity contribution in [1.29, 1.82) is 0 Å². The molecule has 34 heavy (non-hydrogen) atoms. The van der Waals surface area contributed by atoms with Crippen LogP contribution < -0.4 is 5.32 Å². The van der Waals surface area contributed by atoms with Crippen molar-refractivity contribution in [3.63, 3.8) is 0 Å². The summed E-state index contributed by atoms with van der Waals surface area (Å²) >= 11 is 3.23. The number of aryl methyl sites for hydroxylation is 1. The van der Waals surface area contributed by atoms with E-state index >= 15 is 0 Å². The zero-order valence-corrected chi connectivity index (χ0v) is 22.8. The number of thiophene rings is 1. The second-order valence-electron chi connectivity index (χ2n) is 8.19. The Labute approximate surface area is 212 Å². The lowest BCUT2D eigenvalue weighted by atomic mass is 10.0. The first-order valence-corrected chi connectivity index (χ1v) is 13.6. The highest BCUT2D eigenvalue weighted by molar-refractivity contribution is 7.99. The summed E-state index contributed by atoms with van der Waals surface area (Å²) in [5.74, 6) is 0.682. The smallest absolute Gasteiger partial charge is 0.160 e. The molecule has 2 aromatic rings. The van der Waals surface area contributed by atoms with Gasteiger partial charge in [0.25, 0.3) is 0 Å². The molecule has 1 N–H and O–H groups in total. The van der Waals surface area contributed by atoms with Gasteiger partial charge in [0, 0.05) is 15.5 Å². The van der Waals surface area contributed by atoms with Crippen LogP contribution in [-0.4, -0.2) is 12.0 Å². The minimum absolute atomic E-state index is 0.255. The molecule has 1 heterocycles. The van der Waals surface area contributed by atoms with Gasteiger partial charge in [0.15, 0.2) is 6.29 Å². The van der Waals surface area contributed by atoms with Crippen LogP contribution in [0.1, 0.15) is 73.1 Å². The molecule has 0 atom stereocenters. The predicted molar refractivity (Wildman–Crippen MR) is 150 cm³/mol. The van der Waals surface area contributed by atoms with E-state index in [-0.39, 0.29) is 5.82 Å². The van der Waals surface area contributed by atoms with Crippen molar-refractivity contribution in [2.24, 2.45) is 0 Å². The maximum Gasteiger partial charge on any atom is 0.160 e. The second-order valence-corrected chi connectivity index (χ2v) is 10.6. The molecule has 1 aromatic heterocycles. The third-order valence-electron chi connectivity index (χ3n) is 5.44. The highest BCUT2D eigenvalue weighted by Crippen LogP contribution is 2.32. The summed E-state index contributed by atoms with van der Waals surface area (Å²) in [5, 5.41) is 3.26. The predicted octanol–water partition coefficient (Wildman–Crippen LogP) is 9.38. The number of carbonyl (C=O) groups is 1. The summed E-state index contributed by atoms with van der Waals surface area (Å²) in [6, 6.07) is 5.58. The fourth-order valence-corrected chi connectivity index (χ4v) is 5.21. The maximum absolute atomic E-state index is 14.6. The second kappa shape index (κ2) is 14.1. The lowest BCUT2D eigenvalue weighted by Crippen LogP contribution is -2.04. The number of hydrogen-bond donors (Lipinski definition) is 1. The van der Waals surface area contributed by atoms with Gasteiger partial charge in [0.05, 0.1) is 10.6 Å².